The first-order valence-corrected chi connectivity index (χ1v) is 5.49. The van der Waals surface area contributed by atoms with Gasteiger partial charge < -0.3 is 4.74 Å². The molecule has 0 atom stereocenters. The van der Waals surface area contributed by atoms with Crippen molar-refractivity contribution in [3.8, 4) is 0 Å². The monoisotopic (exact) mass is 304 g/mol. The van der Waals surface area contributed by atoms with Crippen LogP contribution in [0.15, 0.2) is 43.0 Å². The van der Waals surface area contributed by atoms with Gasteiger partial charge in [-0.25, -0.2) is 4.79 Å². The van der Waals surface area contributed by atoms with Crippen LogP contribution in [0.25, 0.3) is 16.8 Å². The van der Waals surface area contributed by atoms with Gasteiger partial charge in [-0.15, -0.1) is 0 Å². The van der Waals surface area contributed by atoms with Crippen molar-refractivity contribution in [3.05, 3.63) is 54.1 Å². The van der Waals surface area contributed by atoms with Gasteiger partial charge in [0, 0.05) is 26.4 Å². The number of carbonyl (C=O) groups excluding carboxylic acids is 2. The van der Waals surface area contributed by atoms with Crippen molar-refractivity contribution < 1.29 is 33.8 Å². The molecule has 0 saturated carbocycles. The molecule has 2 aromatic rings. The molecule has 0 aromatic heterocycles. The standard InChI is InChI=1S/C15H12O3.Zn/c1-3-11-4-5-13-9-14(7-6-12(13)8-11)15(17)18-10(2)16;/h3-9H,1H2,2H3;. The van der Waals surface area contributed by atoms with Gasteiger partial charge in [-0.2, -0.15) is 0 Å². The van der Waals surface area contributed by atoms with Crippen LogP contribution in [0.2, 0.25) is 0 Å². The number of fused-ring (bicyclic) bond motifs is 1. The van der Waals surface area contributed by atoms with Crippen molar-refractivity contribution in [2.75, 3.05) is 0 Å². The summed E-state index contributed by atoms with van der Waals surface area (Å²) in [6.45, 7) is 4.91. The van der Waals surface area contributed by atoms with E-state index in [2.05, 4.69) is 11.3 Å². The Balaban J connectivity index is 0.00000180. The topological polar surface area (TPSA) is 43.4 Å². The van der Waals surface area contributed by atoms with Gasteiger partial charge in [0.25, 0.3) is 0 Å². The fourth-order valence-corrected chi connectivity index (χ4v) is 1.71. The summed E-state index contributed by atoms with van der Waals surface area (Å²) >= 11 is 0. The van der Waals surface area contributed by atoms with E-state index in [1.54, 1.807) is 18.2 Å². The van der Waals surface area contributed by atoms with Gasteiger partial charge in [-0.1, -0.05) is 30.9 Å². The zero-order valence-electron chi connectivity index (χ0n) is 10.7. The zero-order valence-corrected chi connectivity index (χ0v) is 13.6. The maximum atomic E-state index is 11.6. The number of esters is 2. The second kappa shape index (κ2) is 6.39. The summed E-state index contributed by atoms with van der Waals surface area (Å²) in [6, 6.07) is 10.9. The number of hydrogen-bond acceptors (Lipinski definition) is 3. The molecule has 0 saturated heterocycles. The molecular formula is C15H12O3Zn. The van der Waals surface area contributed by atoms with Crippen molar-refractivity contribution in [1.82, 2.24) is 0 Å². The molecule has 2 rings (SSSR count). The second-order valence-electron chi connectivity index (χ2n) is 3.91. The molecule has 4 heteroatoms. The van der Waals surface area contributed by atoms with E-state index in [1.165, 1.54) is 6.92 Å². The molecule has 19 heavy (non-hydrogen) atoms. The Morgan fingerprint density at radius 3 is 2.37 bits per heavy atom. The molecule has 0 N–H and O–H groups in total. The van der Waals surface area contributed by atoms with Crippen molar-refractivity contribution >= 4 is 28.8 Å². The quantitative estimate of drug-likeness (QED) is 0.486. The van der Waals surface area contributed by atoms with Crippen molar-refractivity contribution in [1.29, 1.82) is 0 Å². The van der Waals surface area contributed by atoms with Gasteiger partial charge in [0.15, 0.2) is 0 Å². The average Bonchev–Trinajstić information content (AvgIpc) is 2.36. The molecule has 2 aromatic carbocycles. The van der Waals surface area contributed by atoms with Crippen LogP contribution in [-0.4, -0.2) is 11.9 Å². The third kappa shape index (κ3) is 3.58. The Kier molecular flexibility index (Phi) is 5.14. The van der Waals surface area contributed by atoms with Gasteiger partial charge in [-0.05, 0) is 34.5 Å². The van der Waals surface area contributed by atoms with Crippen molar-refractivity contribution in [2.24, 2.45) is 0 Å². The number of rotatable bonds is 2. The molecule has 92 valence electrons. The molecule has 0 spiro atoms. The first-order valence-electron chi connectivity index (χ1n) is 5.49. The smallest absolute Gasteiger partial charge is 0.345 e. The first kappa shape index (κ1) is 15.3. The first-order chi connectivity index (χ1) is 8.60. The van der Waals surface area contributed by atoms with Crippen LogP contribution in [0.3, 0.4) is 0 Å². The minimum Gasteiger partial charge on any atom is -0.390 e. The zero-order chi connectivity index (χ0) is 13.1. The number of hydrogen-bond donors (Lipinski definition) is 0. The summed E-state index contributed by atoms with van der Waals surface area (Å²) in [7, 11) is 0. The Bertz CT molecular complexity index is 647. The van der Waals surface area contributed by atoms with Crippen LogP contribution in [0.5, 0.6) is 0 Å². The van der Waals surface area contributed by atoms with Crippen LogP contribution in [0.1, 0.15) is 22.8 Å². The molecule has 0 heterocycles. The average molecular weight is 306 g/mol. The van der Waals surface area contributed by atoms with Crippen LogP contribution in [0, 0.1) is 0 Å². The predicted molar refractivity (Wildman–Crippen MR) is 70.1 cm³/mol. The van der Waals surface area contributed by atoms with Gasteiger partial charge in [0.2, 0.25) is 0 Å². The van der Waals surface area contributed by atoms with E-state index in [1.807, 2.05) is 24.3 Å². The normalized spacial score (nSPS) is 9.53. The number of ether oxygens (including phenoxy) is 1. The summed E-state index contributed by atoms with van der Waals surface area (Å²) in [5, 5.41) is 1.92. The molecule has 0 aliphatic carbocycles. The summed E-state index contributed by atoms with van der Waals surface area (Å²) in [6.07, 6.45) is 1.76. The van der Waals surface area contributed by atoms with E-state index in [9.17, 15) is 9.59 Å². The van der Waals surface area contributed by atoms with E-state index in [0.717, 1.165) is 16.3 Å². The second-order valence-corrected chi connectivity index (χ2v) is 3.91. The Morgan fingerprint density at radius 2 is 1.74 bits per heavy atom. The van der Waals surface area contributed by atoms with E-state index in [4.69, 9.17) is 0 Å². The summed E-state index contributed by atoms with van der Waals surface area (Å²) in [5.41, 5.74) is 1.38. The van der Waals surface area contributed by atoms with Crippen molar-refractivity contribution in [3.63, 3.8) is 0 Å². The number of carbonyl (C=O) groups is 2. The molecule has 0 fully saturated rings. The van der Waals surface area contributed by atoms with Crippen LogP contribution < -0.4 is 0 Å². The number of benzene rings is 2. The Hall–Kier alpha value is -1.80. The van der Waals surface area contributed by atoms with Gasteiger partial charge in [0.05, 0.1) is 5.56 Å². The van der Waals surface area contributed by atoms with Gasteiger partial charge in [0.1, 0.15) is 0 Å². The van der Waals surface area contributed by atoms with E-state index in [-0.39, 0.29) is 19.5 Å². The molecule has 0 aliphatic heterocycles. The summed E-state index contributed by atoms with van der Waals surface area (Å²) in [4.78, 5) is 22.3. The summed E-state index contributed by atoms with van der Waals surface area (Å²) in [5.74, 6) is -1.24. The van der Waals surface area contributed by atoms with Gasteiger partial charge in [-0.3, -0.25) is 4.79 Å². The third-order valence-electron chi connectivity index (χ3n) is 2.57. The van der Waals surface area contributed by atoms with Crippen LogP contribution in [0.4, 0.5) is 0 Å². The van der Waals surface area contributed by atoms with E-state index in [0.29, 0.717) is 5.56 Å². The van der Waals surface area contributed by atoms with Crippen LogP contribution in [-0.2, 0) is 29.0 Å². The largest absolute Gasteiger partial charge is 0.390 e. The molecular weight excluding hydrogens is 294 g/mol. The fraction of sp³-hybridized carbons (Fsp3) is 0.0667. The van der Waals surface area contributed by atoms with Crippen molar-refractivity contribution in [2.45, 2.75) is 6.92 Å². The molecule has 0 aliphatic rings. The van der Waals surface area contributed by atoms with E-state index < -0.39 is 11.9 Å². The molecule has 0 radical (unpaired) electrons. The van der Waals surface area contributed by atoms with Crippen LogP contribution >= 0.6 is 0 Å². The SMILES string of the molecule is C=Cc1ccc2cc(C(=O)OC(C)=O)ccc2c1.[Zn]. The Labute approximate surface area is 124 Å². The minimum atomic E-state index is -0.628. The fourth-order valence-electron chi connectivity index (χ4n) is 1.71. The van der Waals surface area contributed by atoms with Gasteiger partial charge >= 0.3 is 11.9 Å². The molecule has 0 unspecified atom stereocenters. The maximum absolute atomic E-state index is 11.6. The third-order valence-corrected chi connectivity index (χ3v) is 2.57. The maximum Gasteiger partial charge on any atom is 0.345 e. The predicted octanol–water partition coefficient (Wildman–Crippen LogP) is 3.18. The Morgan fingerprint density at radius 1 is 1.11 bits per heavy atom. The summed E-state index contributed by atoms with van der Waals surface area (Å²) < 4.78 is 4.54. The molecule has 0 amide bonds. The molecule has 0 bridgehead atoms. The molecule has 3 nitrogen and oxygen atoms in total. The minimum absolute atomic E-state index is 0. The van der Waals surface area contributed by atoms with E-state index >= 15 is 0 Å².